The van der Waals surface area contributed by atoms with Crippen molar-refractivity contribution in [1.82, 2.24) is 0 Å². The Bertz CT molecular complexity index is 992. The zero-order chi connectivity index (χ0) is 18.5. The van der Waals surface area contributed by atoms with Crippen molar-refractivity contribution in [2.75, 3.05) is 0 Å². The van der Waals surface area contributed by atoms with E-state index in [9.17, 15) is 14.3 Å². The topological polar surface area (TPSA) is 50.4 Å². The van der Waals surface area contributed by atoms with Crippen molar-refractivity contribution in [1.29, 1.82) is 0 Å². The van der Waals surface area contributed by atoms with Crippen molar-refractivity contribution in [3.8, 4) is 5.75 Å². The second kappa shape index (κ2) is 6.65. The molecular formula is C17H13B2Br2FO3. The molecule has 1 unspecified atom stereocenters. The van der Waals surface area contributed by atoms with E-state index in [1.165, 1.54) is 19.1 Å². The van der Waals surface area contributed by atoms with E-state index in [0.717, 1.165) is 10.9 Å². The summed E-state index contributed by atoms with van der Waals surface area (Å²) in [6.07, 6.45) is -1.42. The highest BCUT2D eigenvalue weighted by Crippen LogP contribution is 2.36. The van der Waals surface area contributed by atoms with Gasteiger partial charge in [0, 0.05) is 10.9 Å². The van der Waals surface area contributed by atoms with Crippen molar-refractivity contribution in [3.05, 3.63) is 50.1 Å². The molecule has 0 fully saturated rings. The molecule has 3 nitrogen and oxygen atoms in total. The molecule has 2 aromatic carbocycles. The van der Waals surface area contributed by atoms with Gasteiger partial charge in [0.05, 0.1) is 14.5 Å². The van der Waals surface area contributed by atoms with Crippen molar-refractivity contribution in [2.45, 2.75) is 13.1 Å². The van der Waals surface area contributed by atoms with Crippen LogP contribution in [0.5, 0.6) is 5.75 Å². The Morgan fingerprint density at radius 1 is 1.20 bits per heavy atom. The highest BCUT2D eigenvalue weighted by atomic mass is 79.9. The van der Waals surface area contributed by atoms with Crippen molar-refractivity contribution >= 4 is 75.2 Å². The quantitative estimate of drug-likeness (QED) is 0.478. The second-order valence-electron chi connectivity index (χ2n) is 6.03. The molecule has 0 aliphatic heterocycles. The number of carbonyl (C=O) groups is 1. The zero-order valence-electron chi connectivity index (χ0n) is 13.8. The van der Waals surface area contributed by atoms with E-state index < -0.39 is 6.17 Å². The maximum Gasteiger partial charge on any atom is 0.197 e. The molecule has 1 heterocycles. The number of fused-ring (bicyclic) bond motifs is 1. The van der Waals surface area contributed by atoms with Gasteiger partial charge in [-0.25, -0.2) is 4.39 Å². The first kappa shape index (κ1) is 18.3. The van der Waals surface area contributed by atoms with Gasteiger partial charge in [0.25, 0.3) is 0 Å². The number of phenols is 1. The fourth-order valence-electron chi connectivity index (χ4n) is 2.92. The van der Waals surface area contributed by atoms with Crippen LogP contribution in [0, 0.1) is 0 Å². The zero-order valence-corrected chi connectivity index (χ0v) is 17.0. The van der Waals surface area contributed by atoms with Crippen LogP contribution in [-0.2, 0) is 0 Å². The molecule has 1 N–H and O–H groups in total. The lowest BCUT2D eigenvalue weighted by Crippen LogP contribution is -2.14. The number of alkyl halides is 1. The summed E-state index contributed by atoms with van der Waals surface area (Å²) in [4.78, 5) is 13.1. The Kier molecular flexibility index (Phi) is 4.86. The number of ketones is 1. The Morgan fingerprint density at radius 3 is 2.36 bits per heavy atom. The minimum atomic E-state index is -1.42. The Morgan fingerprint density at radius 2 is 1.80 bits per heavy atom. The molecule has 0 amide bonds. The molecule has 3 aromatic rings. The van der Waals surface area contributed by atoms with Crippen LogP contribution in [-0.4, -0.2) is 26.6 Å². The van der Waals surface area contributed by atoms with E-state index in [1.54, 1.807) is 0 Å². The van der Waals surface area contributed by atoms with E-state index in [4.69, 9.17) is 4.42 Å². The summed E-state index contributed by atoms with van der Waals surface area (Å²) in [5.74, 6) is -0.335. The fraction of sp³-hybridized carbons (Fsp3) is 0.118. The van der Waals surface area contributed by atoms with E-state index in [1.807, 2.05) is 27.8 Å². The summed E-state index contributed by atoms with van der Waals surface area (Å²) in [5.41, 5.74) is 2.88. The van der Waals surface area contributed by atoms with Gasteiger partial charge in [0.15, 0.2) is 12.0 Å². The average Bonchev–Trinajstić information content (AvgIpc) is 2.91. The third-order valence-corrected chi connectivity index (χ3v) is 5.22. The molecule has 0 aliphatic rings. The van der Waals surface area contributed by atoms with Crippen LogP contribution < -0.4 is 10.9 Å². The highest BCUT2D eigenvalue weighted by molar-refractivity contribution is 9.11. The number of aromatic hydroxyl groups is 1. The number of carbonyl (C=O) groups excluding carboxylic acids is 1. The van der Waals surface area contributed by atoms with Gasteiger partial charge in [-0.2, -0.15) is 0 Å². The van der Waals surface area contributed by atoms with Crippen LogP contribution in [0.15, 0.2) is 37.6 Å². The standard InChI is InChI=1S/C17H13B2Br2FO3/c1-6(22)16-13(9-4-8(18)5-10(19)17(9)25-16)14(23)7-2-11(20)15(24)12(21)3-7/h2-6,24H,18-19H2,1H3. The van der Waals surface area contributed by atoms with Crippen LogP contribution in [0.25, 0.3) is 11.0 Å². The number of benzene rings is 2. The summed E-state index contributed by atoms with van der Waals surface area (Å²) in [5, 5.41) is 10.4. The molecule has 0 aliphatic carbocycles. The fourth-order valence-corrected chi connectivity index (χ4v) is 4.11. The molecule has 0 saturated heterocycles. The number of halogens is 3. The van der Waals surface area contributed by atoms with Gasteiger partial charge in [-0.05, 0) is 56.4 Å². The summed E-state index contributed by atoms with van der Waals surface area (Å²) < 4.78 is 20.6. The molecule has 0 radical (unpaired) electrons. The smallest absolute Gasteiger partial charge is 0.197 e. The molecule has 0 saturated carbocycles. The average molecular weight is 466 g/mol. The summed E-state index contributed by atoms with van der Waals surface area (Å²) in [6, 6.07) is 6.78. The SMILES string of the molecule is Bc1cc(B)c2oc(C(C)F)c(C(=O)c3cc(Br)c(O)c(Br)c3)c2c1. The third kappa shape index (κ3) is 3.17. The van der Waals surface area contributed by atoms with Crippen molar-refractivity contribution < 1.29 is 18.7 Å². The number of rotatable bonds is 3. The predicted molar refractivity (Wildman–Crippen MR) is 109 cm³/mol. The first-order valence-electron chi connectivity index (χ1n) is 7.61. The van der Waals surface area contributed by atoms with Crippen molar-refractivity contribution in [3.63, 3.8) is 0 Å². The van der Waals surface area contributed by atoms with Gasteiger partial charge in [-0.3, -0.25) is 4.79 Å². The van der Waals surface area contributed by atoms with Crippen LogP contribution in [0.1, 0.15) is 34.8 Å². The second-order valence-corrected chi connectivity index (χ2v) is 7.74. The number of phenolic OH excluding ortho intramolecular Hbond substituents is 1. The minimum absolute atomic E-state index is 0.000580. The van der Waals surface area contributed by atoms with E-state index >= 15 is 0 Å². The van der Waals surface area contributed by atoms with Gasteiger partial charge in [0.1, 0.15) is 32.8 Å². The van der Waals surface area contributed by atoms with Gasteiger partial charge < -0.3 is 9.52 Å². The molecule has 1 atom stereocenters. The number of hydrogen-bond acceptors (Lipinski definition) is 3. The Hall–Kier alpha value is -1.53. The van der Waals surface area contributed by atoms with E-state index in [-0.39, 0.29) is 22.9 Å². The molecule has 8 heteroatoms. The molecule has 3 rings (SSSR count). The largest absolute Gasteiger partial charge is 0.506 e. The van der Waals surface area contributed by atoms with Crippen molar-refractivity contribution in [2.24, 2.45) is 0 Å². The molecule has 25 heavy (non-hydrogen) atoms. The van der Waals surface area contributed by atoms with E-state index in [0.29, 0.717) is 25.5 Å². The van der Waals surface area contributed by atoms with Crippen LogP contribution in [0.2, 0.25) is 0 Å². The van der Waals surface area contributed by atoms with E-state index in [2.05, 4.69) is 31.9 Å². The van der Waals surface area contributed by atoms with Crippen LogP contribution >= 0.6 is 31.9 Å². The van der Waals surface area contributed by atoms with Crippen LogP contribution in [0.4, 0.5) is 4.39 Å². The maximum atomic E-state index is 14.2. The molecular weight excluding hydrogens is 453 g/mol. The Balaban J connectivity index is 2.30. The minimum Gasteiger partial charge on any atom is -0.506 e. The van der Waals surface area contributed by atoms with Crippen LogP contribution in [0.3, 0.4) is 0 Å². The summed E-state index contributed by atoms with van der Waals surface area (Å²) >= 11 is 6.44. The third-order valence-electron chi connectivity index (χ3n) is 4.01. The lowest BCUT2D eigenvalue weighted by atomic mass is 9.84. The lowest BCUT2D eigenvalue weighted by Gasteiger charge is -2.07. The molecule has 1 aromatic heterocycles. The van der Waals surface area contributed by atoms with Gasteiger partial charge in [-0.15, -0.1) is 0 Å². The molecule has 126 valence electrons. The molecule has 0 spiro atoms. The lowest BCUT2D eigenvalue weighted by molar-refractivity contribution is 0.103. The maximum absolute atomic E-state index is 14.2. The Labute approximate surface area is 162 Å². The predicted octanol–water partition coefficient (Wildman–Crippen LogP) is 2.44. The summed E-state index contributed by atoms with van der Waals surface area (Å²) in [7, 11) is 3.79. The first-order valence-corrected chi connectivity index (χ1v) is 9.19. The summed E-state index contributed by atoms with van der Waals surface area (Å²) in [6.45, 7) is 1.35. The van der Waals surface area contributed by atoms with Gasteiger partial charge >= 0.3 is 0 Å². The normalized spacial score (nSPS) is 12.5. The molecule has 0 bridgehead atoms. The number of furan rings is 1. The van der Waals surface area contributed by atoms with Gasteiger partial charge in [-0.1, -0.05) is 17.6 Å². The highest BCUT2D eigenvalue weighted by Gasteiger charge is 2.27. The number of hydrogen-bond donors (Lipinski definition) is 1. The first-order chi connectivity index (χ1) is 11.7. The monoisotopic (exact) mass is 464 g/mol. The van der Waals surface area contributed by atoms with Gasteiger partial charge in [0.2, 0.25) is 0 Å².